The molecule has 0 aliphatic carbocycles. The zero-order valence-corrected chi connectivity index (χ0v) is 17.4. The van der Waals surface area contributed by atoms with Crippen LogP contribution in [0.2, 0.25) is 0 Å². The molecule has 2 aromatic carbocycles. The molecule has 0 radical (unpaired) electrons. The van der Waals surface area contributed by atoms with Crippen molar-refractivity contribution in [1.29, 1.82) is 0 Å². The number of alkyl halides is 2. The van der Waals surface area contributed by atoms with E-state index in [-0.39, 0.29) is 11.1 Å². The monoisotopic (exact) mass is 472 g/mol. The normalized spacial score (nSPS) is 21.1. The molecular weight excluding hydrogens is 454 g/mol. The second-order valence-corrected chi connectivity index (χ2v) is 7.38. The SMILES string of the molecule is O=C(OCC1O[C@@H](n2ccc(=O)[nH]c2=O)C(F)(F)[C@@H]1OC(=O)c1ccccc1)c1ccccc1. The number of halogens is 2. The summed E-state index contributed by atoms with van der Waals surface area (Å²) in [6.45, 7) is -0.690. The molecular formula is C23H18F2N2O7. The average Bonchev–Trinajstić information content (AvgIpc) is 3.08. The molecule has 3 aromatic rings. The van der Waals surface area contributed by atoms with Crippen LogP contribution >= 0.6 is 0 Å². The van der Waals surface area contributed by atoms with Gasteiger partial charge in [-0.1, -0.05) is 36.4 Å². The van der Waals surface area contributed by atoms with Crippen molar-refractivity contribution in [2.75, 3.05) is 6.61 Å². The van der Waals surface area contributed by atoms with E-state index in [9.17, 15) is 19.2 Å². The predicted octanol–water partition coefficient (Wildman–Crippen LogP) is 2.15. The number of rotatable bonds is 6. The van der Waals surface area contributed by atoms with E-state index in [1.807, 2.05) is 4.98 Å². The molecule has 1 aliphatic rings. The Balaban J connectivity index is 1.62. The van der Waals surface area contributed by atoms with Crippen molar-refractivity contribution in [2.45, 2.75) is 24.4 Å². The molecule has 0 amide bonds. The first kappa shape index (κ1) is 23.1. The third kappa shape index (κ3) is 4.64. The van der Waals surface area contributed by atoms with E-state index in [0.29, 0.717) is 4.57 Å². The van der Waals surface area contributed by atoms with Crippen LogP contribution in [-0.2, 0) is 14.2 Å². The minimum absolute atomic E-state index is 0.0167. The maximum absolute atomic E-state index is 15.4. The molecule has 34 heavy (non-hydrogen) atoms. The van der Waals surface area contributed by atoms with Crippen LogP contribution in [0.3, 0.4) is 0 Å². The number of nitrogens with zero attached hydrogens (tertiary/aromatic N) is 1. The van der Waals surface area contributed by atoms with Crippen LogP contribution in [0.5, 0.6) is 0 Å². The molecule has 1 aromatic heterocycles. The summed E-state index contributed by atoms with van der Waals surface area (Å²) in [6, 6.07) is 16.1. The van der Waals surface area contributed by atoms with E-state index in [4.69, 9.17) is 14.2 Å². The number of esters is 2. The molecule has 2 heterocycles. The number of aromatic amines is 1. The van der Waals surface area contributed by atoms with E-state index in [0.717, 1.165) is 12.3 Å². The smallest absolute Gasteiger partial charge is 0.338 e. The van der Waals surface area contributed by atoms with Crippen molar-refractivity contribution in [3.8, 4) is 0 Å². The van der Waals surface area contributed by atoms with Crippen molar-refractivity contribution >= 4 is 11.9 Å². The Bertz CT molecular complexity index is 1290. The summed E-state index contributed by atoms with van der Waals surface area (Å²) in [6.07, 6.45) is -5.20. The number of nitrogens with one attached hydrogen (secondary N) is 1. The largest absolute Gasteiger partial charge is 0.459 e. The highest BCUT2D eigenvalue weighted by molar-refractivity contribution is 5.90. The van der Waals surface area contributed by atoms with Gasteiger partial charge in [-0.05, 0) is 24.3 Å². The van der Waals surface area contributed by atoms with Gasteiger partial charge in [-0.15, -0.1) is 0 Å². The molecule has 3 atom stereocenters. The van der Waals surface area contributed by atoms with E-state index in [1.165, 1.54) is 36.4 Å². The molecule has 0 spiro atoms. The summed E-state index contributed by atoms with van der Waals surface area (Å²) in [5, 5.41) is 0. The summed E-state index contributed by atoms with van der Waals surface area (Å²) >= 11 is 0. The molecule has 9 nitrogen and oxygen atoms in total. The van der Waals surface area contributed by atoms with Gasteiger partial charge in [-0.25, -0.2) is 14.4 Å². The molecule has 1 saturated heterocycles. The number of benzene rings is 2. The summed E-state index contributed by atoms with van der Waals surface area (Å²) < 4.78 is 46.9. The van der Waals surface area contributed by atoms with Gasteiger partial charge in [0.1, 0.15) is 12.7 Å². The third-order valence-electron chi connectivity index (χ3n) is 5.09. The van der Waals surface area contributed by atoms with Crippen LogP contribution in [0.4, 0.5) is 8.78 Å². The Morgan fingerprint density at radius 2 is 1.53 bits per heavy atom. The Morgan fingerprint density at radius 1 is 0.941 bits per heavy atom. The molecule has 1 aliphatic heterocycles. The molecule has 0 bridgehead atoms. The zero-order chi connectivity index (χ0) is 24.3. The summed E-state index contributed by atoms with van der Waals surface area (Å²) in [7, 11) is 0. The highest BCUT2D eigenvalue weighted by Crippen LogP contribution is 2.44. The van der Waals surface area contributed by atoms with Gasteiger partial charge in [0.2, 0.25) is 6.23 Å². The highest BCUT2D eigenvalue weighted by Gasteiger charge is 2.62. The van der Waals surface area contributed by atoms with E-state index in [1.54, 1.807) is 24.3 Å². The lowest BCUT2D eigenvalue weighted by Gasteiger charge is -2.24. The topological polar surface area (TPSA) is 117 Å². The average molecular weight is 472 g/mol. The number of aromatic nitrogens is 2. The van der Waals surface area contributed by atoms with Gasteiger partial charge in [-0.3, -0.25) is 14.3 Å². The first-order valence-electron chi connectivity index (χ1n) is 10.1. The summed E-state index contributed by atoms with van der Waals surface area (Å²) in [5.41, 5.74) is -1.74. The first-order valence-corrected chi connectivity index (χ1v) is 10.1. The van der Waals surface area contributed by atoms with Crippen LogP contribution in [-0.4, -0.2) is 46.2 Å². The van der Waals surface area contributed by atoms with Crippen LogP contribution in [0.25, 0.3) is 0 Å². The van der Waals surface area contributed by atoms with Gasteiger partial charge in [0.05, 0.1) is 11.1 Å². The van der Waals surface area contributed by atoms with Gasteiger partial charge < -0.3 is 14.2 Å². The predicted molar refractivity (Wildman–Crippen MR) is 113 cm³/mol. The number of carbonyl (C=O) groups excluding carboxylic acids is 2. The van der Waals surface area contributed by atoms with Crippen LogP contribution in [0.1, 0.15) is 26.9 Å². The first-order chi connectivity index (χ1) is 16.3. The highest BCUT2D eigenvalue weighted by atomic mass is 19.3. The Morgan fingerprint density at radius 3 is 2.12 bits per heavy atom. The maximum atomic E-state index is 15.4. The Kier molecular flexibility index (Phi) is 6.37. The lowest BCUT2D eigenvalue weighted by molar-refractivity contribution is -0.142. The van der Waals surface area contributed by atoms with Gasteiger partial charge in [-0.2, -0.15) is 8.78 Å². The quantitative estimate of drug-likeness (QED) is 0.547. The van der Waals surface area contributed by atoms with Crippen LogP contribution in [0.15, 0.2) is 82.5 Å². The van der Waals surface area contributed by atoms with Crippen molar-refractivity contribution in [3.05, 3.63) is 105 Å². The summed E-state index contributed by atoms with van der Waals surface area (Å²) in [5.74, 6) is -5.77. The van der Waals surface area contributed by atoms with Gasteiger partial charge in [0.15, 0.2) is 6.10 Å². The number of hydrogen-bond donors (Lipinski definition) is 1. The fourth-order valence-electron chi connectivity index (χ4n) is 3.43. The van der Waals surface area contributed by atoms with Crippen LogP contribution < -0.4 is 11.2 Å². The number of H-pyrrole nitrogens is 1. The Hall–Kier alpha value is -4.12. The lowest BCUT2D eigenvalue weighted by Crippen LogP contribution is -2.45. The fraction of sp³-hybridized carbons (Fsp3) is 0.217. The second-order valence-electron chi connectivity index (χ2n) is 7.38. The van der Waals surface area contributed by atoms with E-state index in [2.05, 4.69) is 0 Å². The van der Waals surface area contributed by atoms with Crippen molar-refractivity contribution in [2.24, 2.45) is 0 Å². The second kappa shape index (κ2) is 9.40. The van der Waals surface area contributed by atoms with E-state index >= 15 is 8.78 Å². The number of ether oxygens (including phenoxy) is 3. The fourth-order valence-corrected chi connectivity index (χ4v) is 3.43. The zero-order valence-electron chi connectivity index (χ0n) is 17.4. The lowest BCUT2D eigenvalue weighted by atomic mass is 10.1. The minimum Gasteiger partial charge on any atom is -0.459 e. The minimum atomic E-state index is -3.92. The van der Waals surface area contributed by atoms with Gasteiger partial charge in [0, 0.05) is 12.3 Å². The molecule has 176 valence electrons. The van der Waals surface area contributed by atoms with Crippen molar-refractivity contribution < 1.29 is 32.6 Å². The van der Waals surface area contributed by atoms with Crippen molar-refractivity contribution in [1.82, 2.24) is 9.55 Å². The molecule has 1 fully saturated rings. The molecule has 1 unspecified atom stereocenters. The summed E-state index contributed by atoms with van der Waals surface area (Å²) in [4.78, 5) is 50.1. The van der Waals surface area contributed by atoms with Gasteiger partial charge in [0.25, 0.3) is 5.56 Å². The molecule has 1 N–H and O–H groups in total. The third-order valence-corrected chi connectivity index (χ3v) is 5.09. The Labute approximate surface area is 190 Å². The molecule has 4 rings (SSSR count). The number of hydrogen-bond acceptors (Lipinski definition) is 7. The van der Waals surface area contributed by atoms with Gasteiger partial charge >= 0.3 is 23.6 Å². The molecule has 0 saturated carbocycles. The molecule has 11 heteroatoms. The van der Waals surface area contributed by atoms with Crippen molar-refractivity contribution in [3.63, 3.8) is 0 Å². The van der Waals surface area contributed by atoms with E-state index < -0.39 is 54.2 Å². The number of carbonyl (C=O) groups is 2. The van der Waals surface area contributed by atoms with Crippen LogP contribution in [0, 0.1) is 0 Å². The standard InChI is InChI=1S/C23H18F2N2O7/c24-23(25)18(34-20(30)15-9-5-2-6-10-15)16(13-32-19(29)14-7-3-1-4-8-14)33-21(23)27-12-11-17(28)26-22(27)31/h1-12,16,18,21H,13H2,(H,26,28,31)/t16?,18-,21-/m1/s1. The maximum Gasteiger partial charge on any atom is 0.338 e.